The molecule has 0 saturated carbocycles. The predicted octanol–water partition coefficient (Wildman–Crippen LogP) is 1.76. The van der Waals surface area contributed by atoms with Gasteiger partial charge in [-0.2, -0.15) is 0 Å². The van der Waals surface area contributed by atoms with E-state index < -0.39 is 5.97 Å². The molecule has 0 aromatic heterocycles. The fourth-order valence-corrected chi connectivity index (χ4v) is 1.25. The van der Waals surface area contributed by atoms with Gasteiger partial charge in [0, 0.05) is 6.92 Å². The van der Waals surface area contributed by atoms with E-state index >= 15 is 0 Å². The Bertz CT molecular complexity index is 396. The molecule has 0 fully saturated rings. The van der Waals surface area contributed by atoms with Crippen molar-refractivity contribution in [1.29, 1.82) is 0 Å². The Morgan fingerprint density at radius 1 is 1.33 bits per heavy atom. The molecule has 0 bridgehead atoms. The molecule has 0 atom stereocenters. The van der Waals surface area contributed by atoms with Crippen LogP contribution in [0, 0.1) is 6.92 Å². The number of ether oxygens (including phenoxy) is 1. The average Bonchev–Trinajstić information content (AvgIpc) is 2.13. The molecule has 0 aliphatic carbocycles. The van der Waals surface area contributed by atoms with Gasteiger partial charge in [-0.3, -0.25) is 4.79 Å². The molecule has 4 nitrogen and oxygen atoms in total. The number of carbonyl (C=O) groups is 2. The van der Waals surface area contributed by atoms with Crippen LogP contribution in [0.25, 0.3) is 0 Å². The molecule has 0 amide bonds. The zero-order valence-corrected chi connectivity index (χ0v) is 8.61. The molecule has 1 N–H and O–H groups in total. The standard InChI is InChI=1S/C11H12O4/c1-7-3-9(6-15-8(2)12)5-10(4-7)11(13)14/h3-5H,6H2,1-2H3,(H,13,14). The van der Waals surface area contributed by atoms with Gasteiger partial charge in [0.15, 0.2) is 0 Å². The first-order valence-corrected chi connectivity index (χ1v) is 4.46. The molecule has 80 valence electrons. The number of hydrogen-bond acceptors (Lipinski definition) is 3. The van der Waals surface area contributed by atoms with Gasteiger partial charge in [-0.25, -0.2) is 4.79 Å². The van der Waals surface area contributed by atoms with Gasteiger partial charge < -0.3 is 9.84 Å². The molecule has 1 aromatic carbocycles. The van der Waals surface area contributed by atoms with Crippen molar-refractivity contribution < 1.29 is 19.4 Å². The van der Waals surface area contributed by atoms with E-state index in [0.29, 0.717) is 5.56 Å². The second-order valence-corrected chi connectivity index (χ2v) is 3.29. The fourth-order valence-electron chi connectivity index (χ4n) is 1.25. The lowest BCUT2D eigenvalue weighted by atomic mass is 10.1. The lowest BCUT2D eigenvalue weighted by Crippen LogP contribution is -2.02. The zero-order chi connectivity index (χ0) is 11.4. The molecule has 0 heterocycles. The second kappa shape index (κ2) is 4.59. The highest BCUT2D eigenvalue weighted by molar-refractivity contribution is 5.88. The second-order valence-electron chi connectivity index (χ2n) is 3.29. The monoisotopic (exact) mass is 208 g/mol. The maximum absolute atomic E-state index is 10.7. The van der Waals surface area contributed by atoms with Gasteiger partial charge in [0.2, 0.25) is 0 Å². The van der Waals surface area contributed by atoms with Gasteiger partial charge in [-0.15, -0.1) is 0 Å². The van der Waals surface area contributed by atoms with Crippen molar-refractivity contribution in [2.24, 2.45) is 0 Å². The molecule has 0 unspecified atom stereocenters. The molecule has 4 heteroatoms. The first-order valence-electron chi connectivity index (χ1n) is 4.46. The van der Waals surface area contributed by atoms with Crippen LogP contribution in [-0.4, -0.2) is 17.0 Å². The number of carboxylic acid groups (broad SMARTS) is 1. The largest absolute Gasteiger partial charge is 0.478 e. The van der Waals surface area contributed by atoms with E-state index in [9.17, 15) is 9.59 Å². The SMILES string of the molecule is CC(=O)OCc1cc(C)cc(C(=O)O)c1. The molecule has 0 aliphatic rings. The Morgan fingerprint density at radius 2 is 2.00 bits per heavy atom. The number of rotatable bonds is 3. The third kappa shape index (κ3) is 3.42. The normalized spacial score (nSPS) is 9.73. The molecular weight excluding hydrogens is 196 g/mol. The number of esters is 1. The number of carboxylic acids is 1. The molecule has 1 rings (SSSR count). The number of hydrogen-bond donors (Lipinski definition) is 1. The third-order valence-corrected chi connectivity index (χ3v) is 1.83. The van der Waals surface area contributed by atoms with E-state index in [1.807, 2.05) is 0 Å². The van der Waals surface area contributed by atoms with Crippen LogP contribution >= 0.6 is 0 Å². The Hall–Kier alpha value is -1.84. The van der Waals surface area contributed by atoms with E-state index in [4.69, 9.17) is 9.84 Å². The van der Waals surface area contributed by atoms with Gasteiger partial charge in [0.05, 0.1) is 5.56 Å². The van der Waals surface area contributed by atoms with Gasteiger partial charge in [-0.1, -0.05) is 6.07 Å². The first kappa shape index (κ1) is 11.2. The Labute approximate surface area is 87.5 Å². The Kier molecular flexibility index (Phi) is 3.44. The quantitative estimate of drug-likeness (QED) is 0.768. The van der Waals surface area contributed by atoms with Crippen molar-refractivity contribution in [2.75, 3.05) is 0 Å². The lowest BCUT2D eigenvalue weighted by molar-refractivity contribution is -0.142. The molecule has 1 aromatic rings. The van der Waals surface area contributed by atoms with E-state index in [0.717, 1.165) is 5.56 Å². The van der Waals surface area contributed by atoms with Crippen molar-refractivity contribution in [1.82, 2.24) is 0 Å². The van der Waals surface area contributed by atoms with Crippen LogP contribution in [0.15, 0.2) is 18.2 Å². The van der Waals surface area contributed by atoms with E-state index in [1.54, 1.807) is 19.1 Å². The topological polar surface area (TPSA) is 63.6 Å². The molecule has 0 saturated heterocycles. The number of benzene rings is 1. The highest BCUT2D eigenvalue weighted by atomic mass is 16.5. The van der Waals surface area contributed by atoms with Crippen molar-refractivity contribution in [2.45, 2.75) is 20.5 Å². The van der Waals surface area contributed by atoms with Crippen molar-refractivity contribution in [3.05, 3.63) is 34.9 Å². The molecule has 15 heavy (non-hydrogen) atoms. The summed E-state index contributed by atoms with van der Waals surface area (Å²) in [5.74, 6) is -1.36. The van der Waals surface area contributed by atoms with Gasteiger partial charge in [-0.05, 0) is 30.2 Å². The summed E-state index contributed by atoms with van der Waals surface area (Å²) in [7, 11) is 0. The highest BCUT2D eigenvalue weighted by Crippen LogP contribution is 2.11. The number of aryl methyl sites for hydroxylation is 1. The predicted molar refractivity (Wildman–Crippen MR) is 53.6 cm³/mol. The molecular formula is C11H12O4. The van der Waals surface area contributed by atoms with Crippen LogP contribution < -0.4 is 0 Å². The summed E-state index contributed by atoms with van der Waals surface area (Å²) in [6, 6.07) is 4.85. The number of aromatic carboxylic acids is 1. The Balaban J connectivity index is 2.88. The zero-order valence-electron chi connectivity index (χ0n) is 8.61. The first-order chi connectivity index (χ1) is 6.99. The number of carbonyl (C=O) groups excluding carboxylic acids is 1. The minimum atomic E-state index is -0.984. The van der Waals surface area contributed by atoms with Gasteiger partial charge >= 0.3 is 11.9 Å². The maximum atomic E-state index is 10.7. The van der Waals surface area contributed by atoms with E-state index in [-0.39, 0.29) is 18.1 Å². The minimum Gasteiger partial charge on any atom is -0.478 e. The van der Waals surface area contributed by atoms with Crippen LogP contribution in [0.2, 0.25) is 0 Å². The van der Waals surface area contributed by atoms with Crippen LogP contribution in [0.3, 0.4) is 0 Å². The van der Waals surface area contributed by atoms with E-state index in [1.165, 1.54) is 13.0 Å². The smallest absolute Gasteiger partial charge is 0.335 e. The van der Waals surface area contributed by atoms with Gasteiger partial charge in [0.25, 0.3) is 0 Å². The van der Waals surface area contributed by atoms with E-state index in [2.05, 4.69) is 0 Å². The molecule has 0 aliphatic heterocycles. The summed E-state index contributed by atoms with van der Waals surface area (Å²) in [6.07, 6.45) is 0. The summed E-state index contributed by atoms with van der Waals surface area (Å²) in [5, 5.41) is 8.80. The summed E-state index contributed by atoms with van der Waals surface area (Å²) in [6.45, 7) is 3.22. The molecule has 0 radical (unpaired) electrons. The molecule has 0 spiro atoms. The van der Waals surface area contributed by atoms with Crippen LogP contribution in [0.5, 0.6) is 0 Å². The summed E-state index contributed by atoms with van der Waals surface area (Å²) in [4.78, 5) is 21.3. The van der Waals surface area contributed by atoms with Crippen LogP contribution in [0.4, 0.5) is 0 Å². The van der Waals surface area contributed by atoms with Crippen LogP contribution in [0.1, 0.15) is 28.4 Å². The maximum Gasteiger partial charge on any atom is 0.335 e. The minimum absolute atomic E-state index is 0.108. The average molecular weight is 208 g/mol. The lowest BCUT2D eigenvalue weighted by Gasteiger charge is -2.05. The Morgan fingerprint density at radius 3 is 2.53 bits per heavy atom. The summed E-state index contributed by atoms with van der Waals surface area (Å²) >= 11 is 0. The third-order valence-electron chi connectivity index (χ3n) is 1.83. The fraction of sp³-hybridized carbons (Fsp3) is 0.273. The van der Waals surface area contributed by atoms with Crippen molar-refractivity contribution in [3.63, 3.8) is 0 Å². The van der Waals surface area contributed by atoms with Crippen LogP contribution in [-0.2, 0) is 16.1 Å². The summed E-state index contributed by atoms with van der Waals surface area (Å²) in [5.41, 5.74) is 1.72. The van der Waals surface area contributed by atoms with Crippen molar-refractivity contribution in [3.8, 4) is 0 Å². The highest BCUT2D eigenvalue weighted by Gasteiger charge is 2.06. The van der Waals surface area contributed by atoms with Gasteiger partial charge in [0.1, 0.15) is 6.61 Å². The van der Waals surface area contributed by atoms with Crippen molar-refractivity contribution >= 4 is 11.9 Å². The summed E-state index contributed by atoms with van der Waals surface area (Å²) < 4.78 is 4.79.